The van der Waals surface area contributed by atoms with Crippen LogP contribution in [-0.2, 0) is 0 Å². The molecule has 0 spiro atoms. The lowest BCUT2D eigenvalue weighted by Gasteiger charge is -1.91. The van der Waals surface area contributed by atoms with Crippen molar-refractivity contribution in [1.82, 2.24) is 0 Å². The second-order valence-electron chi connectivity index (χ2n) is 2.54. The van der Waals surface area contributed by atoms with Crippen LogP contribution in [0.2, 0.25) is 0 Å². The zero-order chi connectivity index (χ0) is 11.0. The molecule has 0 bridgehead atoms. The summed E-state index contributed by atoms with van der Waals surface area (Å²) in [4.78, 5) is 10.5. The van der Waals surface area contributed by atoms with E-state index in [2.05, 4.69) is 13.8 Å². The number of non-ortho nitro benzene ring substituents is 1. The predicted molar refractivity (Wildman–Crippen MR) is 60.8 cm³/mol. The molecule has 0 aromatic heterocycles. The molecule has 3 nitrogen and oxygen atoms in total. The van der Waals surface area contributed by atoms with Gasteiger partial charge in [-0.25, -0.2) is 0 Å². The van der Waals surface area contributed by atoms with E-state index in [1.165, 1.54) is 18.6 Å². The van der Waals surface area contributed by atoms with E-state index in [1.54, 1.807) is 12.1 Å². The fraction of sp³-hybridized carbons (Fsp3) is 0.333. The fourth-order valence-electron chi connectivity index (χ4n) is 0.619. The number of hydrogen-bond donors (Lipinski definition) is 0. The number of halogens is 1. The molecule has 0 heterocycles. The highest BCUT2D eigenvalue weighted by Crippen LogP contribution is 2.23. The Kier molecular flexibility index (Phi) is 7.24. The quantitative estimate of drug-likeness (QED) is 0.566. The standard InChI is InChI=1S/C6H4ClNO2S.C3H8/c7-11-6-3-1-5(2-4-6)8(9)10;1-3-2/h1-4H;3H2,1-2H3. The lowest BCUT2D eigenvalue weighted by molar-refractivity contribution is -0.384. The Morgan fingerprint density at radius 3 is 2.07 bits per heavy atom. The van der Waals surface area contributed by atoms with Crippen LogP contribution in [0.5, 0.6) is 0 Å². The maximum Gasteiger partial charge on any atom is 0.269 e. The van der Waals surface area contributed by atoms with Crippen LogP contribution in [-0.4, -0.2) is 4.92 Å². The third-order valence-corrected chi connectivity index (χ3v) is 2.12. The zero-order valence-electron chi connectivity index (χ0n) is 8.07. The fourth-order valence-corrected chi connectivity index (χ4v) is 1.17. The summed E-state index contributed by atoms with van der Waals surface area (Å²) in [7, 11) is 6.44. The van der Waals surface area contributed by atoms with E-state index in [1.807, 2.05) is 0 Å². The van der Waals surface area contributed by atoms with Crippen LogP contribution in [0.25, 0.3) is 0 Å². The molecule has 0 radical (unpaired) electrons. The van der Waals surface area contributed by atoms with Gasteiger partial charge in [0, 0.05) is 17.0 Å². The summed E-state index contributed by atoms with van der Waals surface area (Å²) in [5.41, 5.74) is 0.0828. The Balaban J connectivity index is 0.000000500. The third-order valence-electron chi connectivity index (χ3n) is 1.14. The van der Waals surface area contributed by atoms with Crippen LogP contribution in [0.4, 0.5) is 5.69 Å². The Labute approximate surface area is 92.1 Å². The molecule has 0 saturated heterocycles. The average Bonchev–Trinajstić information content (AvgIpc) is 2.19. The highest BCUT2D eigenvalue weighted by atomic mass is 35.7. The van der Waals surface area contributed by atoms with E-state index in [0.29, 0.717) is 0 Å². The van der Waals surface area contributed by atoms with Gasteiger partial charge in [0.15, 0.2) is 0 Å². The van der Waals surface area contributed by atoms with E-state index >= 15 is 0 Å². The molecule has 0 atom stereocenters. The van der Waals surface area contributed by atoms with Crippen LogP contribution >= 0.6 is 21.7 Å². The van der Waals surface area contributed by atoms with Gasteiger partial charge in [-0.05, 0) is 33.8 Å². The molecule has 0 aliphatic carbocycles. The predicted octanol–water partition coefficient (Wildman–Crippen LogP) is 4.26. The molecule has 0 amide bonds. The number of nitrogens with zero attached hydrogens (tertiary/aromatic N) is 1. The largest absolute Gasteiger partial charge is 0.269 e. The molecule has 14 heavy (non-hydrogen) atoms. The van der Waals surface area contributed by atoms with Crippen LogP contribution in [0.1, 0.15) is 20.3 Å². The summed E-state index contributed by atoms with van der Waals surface area (Å²) in [5.74, 6) is 0. The summed E-state index contributed by atoms with van der Waals surface area (Å²) < 4.78 is 0. The summed E-state index contributed by atoms with van der Waals surface area (Å²) in [6, 6.07) is 6.06. The first kappa shape index (κ1) is 13.3. The minimum Gasteiger partial charge on any atom is -0.258 e. The smallest absolute Gasteiger partial charge is 0.258 e. The van der Waals surface area contributed by atoms with Gasteiger partial charge in [-0.2, -0.15) is 0 Å². The number of nitro benzene ring substituents is 1. The Morgan fingerprint density at radius 1 is 1.36 bits per heavy atom. The molecule has 1 aromatic rings. The maximum absolute atomic E-state index is 10.2. The second-order valence-corrected chi connectivity index (χ2v) is 3.62. The maximum atomic E-state index is 10.2. The molecule has 1 aromatic carbocycles. The number of hydrogen-bond acceptors (Lipinski definition) is 3. The molecular formula is C9H12ClNO2S. The summed E-state index contributed by atoms with van der Waals surface area (Å²) >= 11 is 0. The first-order valence-electron chi connectivity index (χ1n) is 4.18. The van der Waals surface area contributed by atoms with Gasteiger partial charge >= 0.3 is 0 Å². The normalized spacial score (nSPS) is 8.79. The first-order valence-corrected chi connectivity index (χ1v) is 5.83. The van der Waals surface area contributed by atoms with E-state index < -0.39 is 4.92 Å². The molecular weight excluding hydrogens is 222 g/mol. The lowest BCUT2D eigenvalue weighted by atomic mass is 10.3. The molecule has 0 N–H and O–H groups in total. The highest BCUT2D eigenvalue weighted by Gasteiger charge is 2.02. The van der Waals surface area contributed by atoms with Crippen molar-refractivity contribution < 1.29 is 4.92 Å². The van der Waals surface area contributed by atoms with Crippen LogP contribution in [0.15, 0.2) is 29.2 Å². The monoisotopic (exact) mass is 233 g/mol. The molecule has 0 saturated carbocycles. The third kappa shape index (κ3) is 5.09. The first-order chi connectivity index (χ1) is 6.65. The Hall–Kier alpha value is -0.740. The minimum atomic E-state index is -0.442. The van der Waals surface area contributed by atoms with E-state index in [9.17, 15) is 10.1 Å². The SMILES string of the molecule is CCC.O=[N+]([O-])c1ccc(SCl)cc1. The summed E-state index contributed by atoms with van der Waals surface area (Å²) in [6.07, 6.45) is 1.25. The van der Waals surface area contributed by atoms with Crippen LogP contribution in [0, 0.1) is 10.1 Å². The van der Waals surface area contributed by atoms with E-state index in [0.717, 1.165) is 15.9 Å². The highest BCUT2D eigenvalue weighted by molar-refractivity contribution is 8.21. The van der Waals surface area contributed by atoms with Crippen molar-refractivity contribution in [3.63, 3.8) is 0 Å². The lowest BCUT2D eigenvalue weighted by Crippen LogP contribution is -1.85. The van der Waals surface area contributed by atoms with Crippen LogP contribution < -0.4 is 0 Å². The molecule has 5 heteroatoms. The van der Waals surface area contributed by atoms with Crippen molar-refractivity contribution in [2.24, 2.45) is 0 Å². The number of benzene rings is 1. The van der Waals surface area contributed by atoms with Crippen molar-refractivity contribution in [3.8, 4) is 0 Å². The number of nitro groups is 1. The van der Waals surface area contributed by atoms with Gasteiger partial charge in [0.1, 0.15) is 0 Å². The van der Waals surface area contributed by atoms with E-state index in [4.69, 9.17) is 10.7 Å². The Bertz CT molecular complexity index is 277. The molecule has 0 aliphatic rings. The second kappa shape index (κ2) is 7.64. The summed E-state index contributed by atoms with van der Waals surface area (Å²) in [6.45, 7) is 4.25. The van der Waals surface area contributed by atoms with Crippen molar-refractivity contribution in [3.05, 3.63) is 34.4 Å². The van der Waals surface area contributed by atoms with Gasteiger partial charge in [0.25, 0.3) is 5.69 Å². The average molecular weight is 234 g/mol. The van der Waals surface area contributed by atoms with Gasteiger partial charge in [0.2, 0.25) is 0 Å². The molecule has 1 rings (SSSR count). The summed E-state index contributed by atoms with van der Waals surface area (Å²) in [5, 5.41) is 10.2. The van der Waals surface area contributed by atoms with Gasteiger partial charge in [-0.3, -0.25) is 10.1 Å². The van der Waals surface area contributed by atoms with Crippen molar-refractivity contribution in [1.29, 1.82) is 0 Å². The molecule has 0 unspecified atom stereocenters. The van der Waals surface area contributed by atoms with Gasteiger partial charge in [-0.15, -0.1) is 0 Å². The number of rotatable bonds is 2. The van der Waals surface area contributed by atoms with Gasteiger partial charge < -0.3 is 0 Å². The molecule has 0 fully saturated rings. The van der Waals surface area contributed by atoms with Crippen LogP contribution in [0.3, 0.4) is 0 Å². The van der Waals surface area contributed by atoms with Gasteiger partial charge in [-0.1, -0.05) is 20.3 Å². The Morgan fingerprint density at radius 2 is 1.79 bits per heavy atom. The van der Waals surface area contributed by atoms with Crippen molar-refractivity contribution >= 4 is 27.3 Å². The van der Waals surface area contributed by atoms with Crippen molar-refractivity contribution in [2.45, 2.75) is 25.2 Å². The van der Waals surface area contributed by atoms with Crippen molar-refractivity contribution in [2.75, 3.05) is 0 Å². The van der Waals surface area contributed by atoms with Gasteiger partial charge in [0.05, 0.1) is 4.92 Å². The topological polar surface area (TPSA) is 43.1 Å². The zero-order valence-corrected chi connectivity index (χ0v) is 9.64. The molecule has 0 aliphatic heterocycles. The molecule has 78 valence electrons. The minimum absolute atomic E-state index is 0.0828. The van der Waals surface area contributed by atoms with E-state index in [-0.39, 0.29) is 5.69 Å².